The molecule has 0 aliphatic carbocycles. The predicted octanol–water partition coefficient (Wildman–Crippen LogP) is 2.91. The van der Waals surface area contributed by atoms with Gasteiger partial charge in [0.1, 0.15) is 18.0 Å². The van der Waals surface area contributed by atoms with Crippen molar-refractivity contribution < 1.29 is 22.7 Å². The molecule has 0 spiro atoms. The van der Waals surface area contributed by atoms with Crippen LogP contribution in [-0.2, 0) is 21.4 Å². The molecule has 0 unspecified atom stereocenters. The third-order valence-electron chi connectivity index (χ3n) is 4.18. The maximum absolute atomic E-state index is 12.7. The molecule has 2 rings (SSSR count). The summed E-state index contributed by atoms with van der Waals surface area (Å²) in [6.45, 7) is 3.90. The van der Waals surface area contributed by atoms with Gasteiger partial charge in [-0.25, -0.2) is 8.42 Å². The molecule has 158 valence electrons. The lowest BCUT2D eigenvalue weighted by Crippen LogP contribution is -2.41. The molecular formula is C21H28N2O5S. The predicted molar refractivity (Wildman–Crippen MR) is 114 cm³/mol. The quantitative estimate of drug-likeness (QED) is 0.623. The van der Waals surface area contributed by atoms with Crippen molar-refractivity contribution in [3.8, 4) is 11.5 Å². The van der Waals surface area contributed by atoms with Gasteiger partial charge >= 0.3 is 0 Å². The van der Waals surface area contributed by atoms with Gasteiger partial charge < -0.3 is 14.4 Å². The zero-order valence-electron chi connectivity index (χ0n) is 17.5. The van der Waals surface area contributed by atoms with Crippen molar-refractivity contribution in [1.29, 1.82) is 0 Å². The minimum absolute atomic E-state index is 0.0139. The molecule has 8 heteroatoms. The van der Waals surface area contributed by atoms with Crippen molar-refractivity contribution in [2.75, 3.05) is 31.3 Å². The van der Waals surface area contributed by atoms with E-state index in [2.05, 4.69) is 0 Å². The van der Waals surface area contributed by atoms with Crippen LogP contribution < -0.4 is 13.8 Å². The molecule has 0 fully saturated rings. The molecule has 0 aliphatic rings. The van der Waals surface area contributed by atoms with E-state index in [-0.39, 0.29) is 18.6 Å². The smallest absolute Gasteiger partial charge is 0.243 e. The average molecular weight is 421 g/mol. The highest BCUT2D eigenvalue weighted by molar-refractivity contribution is 7.92. The molecule has 7 nitrogen and oxygen atoms in total. The topological polar surface area (TPSA) is 76.2 Å². The highest BCUT2D eigenvalue weighted by Gasteiger charge is 2.23. The second kappa shape index (κ2) is 9.65. The van der Waals surface area contributed by atoms with Crippen LogP contribution in [0.4, 0.5) is 5.69 Å². The monoisotopic (exact) mass is 420 g/mol. The number of likely N-dealkylation sites (N-methyl/N-ethyl adjacent to an activating group) is 1. The van der Waals surface area contributed by atoms with Crippen LogP contribution in [0.1, 0.15) is 19.4 Å². The Morgan fingerprint density at radius 2 is 1.55 bits per heavy atom. The lowest BCUT2D eigenvalue weighted by Gasteiger charge is -2.25. The van der Waals surface area contributed by atoms with Crippen LogP contribution in [0.15, 0.2) is 48.5 Å². The summed E-state index contributed by atoms with van der Waals surface area (Å²) in [7, 11) is -0.401. The van der Waals surface area contributed by atoms with Crippen molar-refractivity contribution in [3.05, 3.63) is 54.1 Å². The summed E-state index contributed by atoms with van der Waals surface area (Å²) in [6, 6.07) is 14.0. The average Bonchev–Trinajstić information content (AvgIpc) is 2.66. The summed E-state index contributed by atoms with van der Waals surface area (Å²) < 4.78 is 36.4. The van der Waals surface area contributed by atoms with Gasteiger partial charge in [-0.3, -0.25) is 9.10 Å². The minimum Gasteiger partial charge on any atom is -0.497 e. The molecule has 0 N–H and O–H groups in total. The summed E-state index contributed by atoms with van der Waals surface area (Å²) in [5.74, 6) is 1.06. The Balaban J connectivity index is 2.11. The van der Waals surface area contributed by atoms with E-state index in [1.54, 1.807) is 38.4 Å². The fourth-order valence-corrected chi connectivity index (χ4v) is 3.55. The molecule has 2 aromatic carbocycles. The molecule has 0 saturated carbocycles. The second-order valence-electron chi connectivity index (χ2n) is 7.03. The van der Waals surface area contributed by atoms with Crippen LogP contribution in [0.2, 0.25) is 0 Å². The van der Waals surface area contributed by atoms with E-state index < -0.39 is 10.0 Å². The lowest BCUT2D eigenvalue weighted by molar-refractivity contribution is -0.128. The van der Waals surface area contributed by atoms with Gasteiger partial charge in [0.15, 0.2) is 0 Å². The highest BCUT2D eigenvalue weighted by Crippen LogP contribution is 2.22. The van der Waals surface area contributed by atoms with Gasteiger partial charge in [0.2, 0.25) is 15.9 Å². The zero-order valence-corrected chi connectivity index (χ0v) is 18.3. The van der Waals surface area contributed by atoms with Crippen LogP contribution in [0.3, 0.4) is 0 Å². The molecule has 0 radical (unpaired) electrons. The van der Waals surface area contributed by atoms with Crippen LogP contribution in [0.5, 0.6) is 11.5 Å². The fourth-order valence-electron chi connectivity index (χ4n) is 2.70. The van der Waals surface area contributed by atoms with E-state index in [1.807, 2.05) is 38.1 Å². The van der Waals surface area contributed by atoms with E-state index in [0.29, 0.717) is 18.0 Å². The van der Waals surface area contributed by atoms with Crippen molar-refractivity contribution in [2.45, 2.75) is 26.5 Å². The number of benzene rings is 2. The molecule has 1 amide bonds. The van der Waals surface area contributed by atoms with Gasteiger partial charge in [0.25, 0.3) is 0 Å². The third-order valence-corrected chi connectivity index (χ3v) is 5.32. The summed E-state index contributed by atoms with van der Waals surface area (Å²) >= 11 is 0. The number of rotatable bonds is 9. The number of amides is 1. The summed E-state index contributed by atoms with van der Waals surface area (Å²) in [4.78, 5) is 14.2. The Kier molecular flexibility index (Phi) is 7.50. The van der Waals surface area contributed by atoms with E-state index in [0.717, 1.165) is 21.9 Å². The van der Waals surface area contributed by atoms with E-state index >= 15 is 0 Å². The first-order valence-electron chi connectivity index (χ1n) is 9.21. The van der Waals surface area contributed by atoms with Crippen molar-refractivity contribution >= 4 is 21.6 Å². The van der Waals surface area contributed by atoms with Crippen LogP contribution in [0.25, 0.3) is 0 Å². The standard InChI is InChI=1S/C21H28N2O5S/c1-16(2)28-20-12-8-18(9-13-20)23(29(5,25)26)15-21(24)22(3)14-17-6-10-19(27-4)11-7-17/h6-13,16H,14-15H2,1-5H3. The second-order valence-corrected chi connectivity index (χ2v) is 8.93. The molecule has 0 aliphatic heterocycles. The normalized spacial score (nSPS) is 11.2. The van der Waals surface area contributed by atoms with E-state index in [9.17, 15) is 13.2 Å². The number of hydrogen-bond acceptors (Lipinski definition) is 5. The SMILES string of the molecule is COc1ccc(CN(C)C(=O)CN(c2ccc(OC(C)C)cc2)S(C)(=O)=O)cc1. The maximum Gasteiger partial charge on any atom is 0.243 e. The number of carbonyl (C=O) groups is 1. The van der Waals surface area contributed by atoms with Crippen molar-refractivity contribution in [3.63, 3.8) is 0 Å². The zero-order chi connectivity index (χ0) is 21.6. The van der Waals surface area contributed by atoms with Gasteiger partial charge in [-0.2, -0.15) is 0 Å². The number of methoxy groups -OCH3 is 1. The minimum atomic E-state index is -3.64. The van der Waals surface area contributed by atoms with Gasteiger partial charge in [0.05, 0.1) is 25.2 Å². The number of anilines is 1. The Morgan fingerprint density at radius 3 is 2.03 bits per heavy atom. The largest absolute Gasteiger partial charge is 0.497 e. The number of ether oxygens (including phenoxy) is 2. The summed E-state index contributed by atoms with van der Waals surface area (Å²) in [5.41, 5.74) is 1.33. The molecule has 0 bridgehead atoms. The molecule has 0 atom stereocenters. The number of sulfonamides is 1. The van der Waals surface area contributed by atoms with Crippen LogP contribution >= 0.6 is 0 Å². The summed E-state index contributed by atoms with van der Waals surface area (Å²) in [6.07, 6.45) is 1.10. The Morgan fingerprint density at radius 1 is 1.00 bits per heavy atom. The van der Waals surface area contributed by atoms with Crippen LogP contribution in [-0.4, -0.2) is 52.3 Å². The lowest BCUT2D eigenvalue weighted by atomic mass is 10.2. The van der Waals surface area contributed by atoms with Gasteiger partial charge in [-0.15, -0.1) is 0 Å². The molecular weight excluding hydrogens is 392 g/mol. The summed E-state index contributed by atoms with van der Waals surface area (Å²) in [5, 5.41) is 0. The Bertz CT molecular complexity index is 909. The van der Waals surface area contributed by atoms with E-state index in [4.69, 9.17) is 9.47 Å². The first-order valence-corrected chi connectivity index (χ1v) is 11.1. The highest BCUT2D eigenvalue weighted by atomic mass is 32.2. The Hall–Kier alpha value is -2.74. The third kappa shape index (κ3) is 6.67. The molecule has 2 aromatic rings. The number of carbonyl (C=O) groups excluding carboxylic acids is 1. The van der Waals surface area contributed by atoms with Crippen molar-refractivity contribution in [1.82, 2.24) is 4.90 Å². The molecule has 0 saturated heterocycles. The maximum atomic E-state index is 12.7. The first kappa shape index (κ1) is 22.5. The molecule has 0 aromatic heterocycles. The van der Waals surface area contributed by atoms with Gasteiger partial charge in [-0.05, 0) is 55.8 Å². The van der Waals surface area contributed by atoms with Gasteiger partial charge in [-0.1, -0.05) is 12.1 Å². The number of nitrogens with zero attached hydrogens (tertiary/aromatic N) is 2. The fraction of sp³-hybridized carbons (Fsp3) is 0.381. The first-order chi connectivity index (χ1) is 13.6. The van der Waals surface area contributed by atoms with Gasteiger partial charge in [0, 0.05) is 13.6 Å². The number of hydrogen-bond donors (Lipinski definition) is 0. The van der Waals surface area contributed by atoms with E-state index in [1.165, 1.54) is 4.90 Å². The Labute approximate surface area is 172 Å². The van der Waals surface area contributed by atoms with Crippen molar-refractivity contribution in [2.24, 2.45) is 0 Å². The van der Waals surface area contributed by atoms with Crippen LogP contribution in [0, 0.1) is 0 Å². The molecule has 29 heavy (non-hydrogen) atoms. The molecule has 0 heterocycles.